The van der Waals surface area contributed by atoms with Crippen molar-refractivity contribution in [3.8, 4) is 5.88 Å². The summed E-state index contributed by atoms with van der Waals surface area (Å²) in [6, 6.07) is 3.79. The molecule has 1 atom stereocenters. The summed E-state index contributed by atoms with van der Waals surface area (Å²) in [6.07, 6.45) is 7.58. The average molecular weight is 423 g/mol. The second-order valence-corrected chi connectivity index (χ2v) is 9.76. The highest BCUT2D eigenvalue weighted by molar-refractivity contribution is 7.90. The van der Waals surface area contributed by atoms with Crippen LogP contribution in [-0.2, 0) is 16.3 Å². The van der Waals surface area contributed by atoms with Gasteiger partial charge < -0.3 is 14.2 Å². The maximum Gasteiger partial charge on any atom is 0.324 e. The van der Waals surface area contributed by atoms with E-state index in [1.807, 2.05) is 6.92 Å². The lowest BCUT2D eigenvalue weighted by Gasteiger charge is -2.33. The molecule has 0 bridgehead atoms. The third-order valence-corrected chi connectivity index (χ3v) is 6.68. The van der Waals surface area contributed by atoms with Crippen molar-refractivity contribution < 1.29 is 17.7 Å². The van der Waals surface area contributed by atoms with Crippen LogP contribution >= 0.6 is 0 Å². The van der Waals surface area contributed by atoms with Gasteiger partial charge in [0, 0.05) is 38.0 Å². The van der Waals surface area contributed by atoms with Gasteiger partial charge in [0.05, 0.1) is 11.5 Å². The largest absolute Gasteiger partial charge is 0.478 e. The maximum absolute atomic E-state index is 11.5. The molecule has 1 aliphatic rings. The van der Waals surface area contributed by atoms with Crippen LogP contribution in [0.1, 0.15) is 45.4 Å². The lowest BCUT2D eigenvalue weighted by Crippen LogP contribution is -2.36. The molecule has 2 aromatic heterocycles. The van der Waals surface area contributed by atoms with E-state index in [0.29, 0.717) is 30.3 Å². The van der Waals surface area contributed by atoms with E-state index in [4.69, 9.17) is 9.26 Å². The van der Waals surface area contributed by atoms with Crippen molar-refractivity contribution in [2.24, 2.45) is 11.8 Å². The molecule has 2 aromatic rings. The minimum absolute atomic E-state index is 0.205. The van der Waals surface area contributed by atoms with Crippen LogP contribution in [0.5, 0.6) is 5.88 Å². The molecule has 0 saturated carbocycles. The quantitative estimate of drug-likeness (QED) is 0.568. The summed E-state index contributed by atoms with van der Waals surface area (Å²) in [4.78, 5) is 10.9. The van der Waals surface area contributed by atoms with Crippen molar-refractivity contribution in [1.29, 1.82) is 0 Å². The summed E-state index contributed by atoms with van der Waals surface area (Å²) in [6.45, 7) is 6.81. The van der Waals surface area contributed by atoms with Gasteiger partial charge in [0.2, 0.25) is 5.88 Å². The highest BCUT2D eigenvalue weighted by Gasteiger charge is 2.26. The van der Waals surface area contributed by atoms with Gasteiger partial charge in [-0.15, -0.1) is 0 Å². The summed E-state index contributed by atoms with van der Waals surface area (Å²) < 4.78 is 33.9. The molecule has 3 rings (SSSR count). The van der Waals surface area contributed by atoms with Gasteiger partial charge in [-0.25, -0.2) is 13.4 Å². The molecule has 0 N–H and O–H groups in total. The Morgan fingerprint density at radius 1 is 1.31 bits per heavy atom. The number of nitrogens with zero attached hydrogens (tertiary/aromatic N) is 4. The van der Waals surface area contributed by atoms with Crippen molar-refractivity contribution in [3.05, 3.63) is 24.2 Å². The second kappa shape index (κ2) is 9.56. The molecule has 9 heteroatoms. The normalized spacial score (nSPS) is 16.7. The molecule has 1 unspecified atom stereocenters. The van der Waals surface area contributed by atoms with Crippen LogP contribution < -0.4 is 9.64 Å². The van der Waals surface area contributed by atoms with Crippen molar-refractivity contribution in [1.82, 2.24) is 15.1 Å². The fourth-order valence-electron chi connectivity index (χ4n) is 3.67. The first-order chi connectivity index (χ1) is 13.9. The Labute approximate surface area is 172 Å². The standard InChI is InChI=1S/C20H30N4O4S/c1-4-18-22-20(28-23-18)24-11-9-16(10-12-24)15(2)6-5-13-27-19-8-7-17(14-21-19)29(3,25)26/h7-8,14-16H,4-6,9-13H2,1-3H3. The van der Waals surface area contributed by atoms with Crippen molar-refractivity contribution in [2.45, 2.75) is 50.8 Å². The van der Waals surface area contributed by atoms with E-state index in [0.717, 1.165) is 51.0 Å². The van der Waals surface area contributed by atoms with Crippen LogP contribution in [0.25, 0.3) is 0 Å². The van der Waals surface area contributed by atoms with Crippen LogP contribution in [0.2, 0.25) is 0 Å². The molecule has 0 aliphatic carbocycles. The van der Waals surface area contributed by atoms with Crippen molar-refractivity contribution in [2.75, 3.05) is 30.9 Å². The van der Waals surface area contributed by atoms with Crippen molar-refractivity contribution in [3.63, 3.8) is 0 Å². The Kier molecular flexibility index (Phi) is 7.10. The van der Waals surface area contributed by atoms with Gasteiger partial charge in [-0.1, -0.05) is 19.0 Å². The predicted octanol–water partition coefficient (Wildman–Crippen LogP) is 3.14. The van der Waals surface area contributed by atoms with Crippen LogP contribution in [0, 0.1) is 11.8 Å². The Balaban J connectivity index is 1.36. The number of sulfone groups is 1. The molecule has 160 valence electrons. The van der Waals surface area contributed by atoms with E-state index in [9.17, 15) is 8.42 Å². The van der Waals surface area contributed by atoms with Gasteiger partial charge >= 0.3 is 6.01 Å². The molecule has 0 amide bonds. The highest BCUT2D eigenvalue weighted by Crippen LogP contribution is 2.29. The summed E-state index contributed by atoms with van der Waals surface area (Å²) in [7, 11) is -3.23. The predicted molar refractivity (Wildman–Crippen MR) is 110 cm³/mol. The van der Waals surface area contributed by atoms with Crippen molar-refractivity contribution >= 4 is 15.9 Å². The molecule has 29 heavy (non-hydrogen) atoms. The first kappa shape index (κ1) is 21.5. The Bertz CT molecular complexity index is 874. The second-order valence-electron chi connectivity index (χ2n) is 7.74. The molecular weight excluding hydrogens is 392 g/mol. The monoisotopic (exact) mass is 422 g/mol. The maximum atomic E-state index is 11.5. The number of hydrogen-bond acceptors (Lipinski definition) is 8. The van der Waals surface area contributed by atoms with Gasteiger partial charge in [-0.2, -0.15) is 4.98 Å². The molecule has 1 saturated heterocycles. The number of ether oxygens (including phenoxy) is 1. The molecule has 1 fully saturated rings. The Morgan fingerprint density at radius 3 is 2.66 bits per heavy atom. The number of pyridine rings is 1. The fraction of sp³-hybridized carbons (Fsp3) is 0.650. The highest BCUT2D eigenvalue weighted by atomic mass is 32.2. The summed E-state index contributed by atoms with van der Waals surface area (Å²) in [5.41, 5.74) is 0. The molecule has 0 radical (unpaired) electrons. The zero-order chi connectivity index (χ0) is 20.9. The molecule has 8 nitrogen and oxygen atoms in total. The third kappa shape index (κ3) is 5.91. The van der Waals surface area contributed by atoms with Gasteiger partial charge in [0.15, 0.2) is 15.7 Å². The number of rotatable bonds is 9. The van der Waals surface area contributed by atoms with Gasteiger partial charge in [-0.3, -0.25) is 0 Å². The third-order valence-electron chi connectivity index (χ3n) is 5.58. The molecule has 0 spiro atoms. The number of hydrogen-bond donors (Lipinski definition) is 0. The summed E-state index contributed by atoms with van der Waals surface area (Å²) in [5.74, 6) is 2.53. The number of piperidine rings is 1. The Hall–Kier alpha value is -2.16. The average Bonchev–Trinajstić information content (AvgIpc) is 3.20. The van der Waals surface area contributed by atoms with Crippen LogP contribution in [0.4, 0.5) is 6.01 Å². The first-order valence-electron chi connectivity index (χ1n) is 10.2. The zero-order valence-electron chi connectivity index (χ0n) is 17.4. The first-order valence-corrected chi connectivity index (χ1v) is 12.1. The van der Waals surface area contributed by atoms with E-state index in [1.54, 1.807) is 6.07 Å². The minimum atomic E-state index is -3.23. The van der Waals surface area contributed by atoms with E-state index in [1.165, 1.54) is 18.5 Å². The summed E-state index contributed by atoms with van der Waals surface area (Å²) in [5, 5.41) is 3.98. The van der Waals surface area contributed by atoms with Crippen LogP contribution in [-0.4, -0.2) is 49.5 Å². The fourth-order valence-corrected chi connectivity index (χ4v) is 4.23. The van der Waals surface area contributed by atoms with Crippen LogP contribution in [0.15, 0.2) is 27.7 Å². The topological polar surface area (TPSA) is 98.4 Å². The van der Waals surface area contributed by atoms with E-state index >= 15 is 0 Å². The molecule has 3 heterocycles. The summed E-state index contributed by atoms with van der Waals surface area (Å²) >= 11 is 0. The van der Waals surface area contributed by atoms with Gasteiger partial charge in [0.1, 0.15) is 0 Å². The number of aryl methyl sites for hydroxylation is 1. The molecular formula is C20H30N4O4S. The number of anilines is 1. The SMILES string of the molecule is CCc1noc(N2CCC(C(C)CCCOc3ccc(S(C)(=O)=O)cn3)CC2)n1. The number of aromatic nitrogens is 3. The van der Waals surface area contributed by atoms with Gasteiger partial charge in [0.25, 0.3) is 0 Å². The molecule has 1 aliphatic heterocycles. The van der Waals surface area contributed by atoms with E-state index < -0.39 is 9.84 Å². The van der Waals surface area contributed by atoms with Gasteiger partial charge in [-0.05, 0) is 43.6 Å². The lowest BCUT2D eigenvalue weighted by atomic mass is 9.83. The molecule has 0 aromatic carbocycles. The van der Waals surface area contributed by atoms with E-state index in [2.05, 4.69) is 26.9 Å². The minimum Gasteiger partial charge on any atom is -0.478 e. The Morgan fingerprint density at radius 2 is 2.07 bits per heavy atom. The van der Waals surface area contributed by atoms with E-state index in [-0.39, 0.29) is 4.90 Å². The van der Waals surface area contributed by atoms with Crippen LogP contribution in [0.3, 0.4) is 0 Å². The smallest absolute Gasteiger partial charge is 0.324 e. The lowest BCUT2D eigenvalue weighted by molar-refractivity contribution is 0.238. The zero-order valence-corrected chi connectivity index (χ0v) is 18.2.